The maximum atomic E-state index is 12.9. The predicted molar refractivity (Wildman–Crippen MR) is 128 cm³/mol. The van der Waals surface area contributed by atoms with Gasteiger partial charge in [0.1, 0.15) is 11.9 Å². The fourth-order valence-electron chi connectivity index (χ4n) is 3.90. The summed E-state index contributed by atoms with van der Waals surface area (Å²) in [6, 6.07) is 4.27. The van der Waals surface area contributed by atoms with Gasteiger partial charge in [0.25, 0.3) is 5.91 Å². The van der Waals surface area contributed by atoms with Gasteiger partial charge in [0.05, 0.1) is 0 Å². The first kappa shape index (κ1) is 24.9. The zero-order valence-electron chi connectivity index (χ0n) is 18.6. The number of halogens is 2. The Labute approximate surface area is 203 Å². The molecule has 1 aromatic carbocycles. The first-order chi connectivity index (χ1) is 15.3. The van der Waals surface area contributed by atoms with Crippen LogP contribution >= 0.6 is 35.0 Å². The van der Waals surface area contributed by atoms with Crippen LogP contribution in [-0.4, -0.2) is 56.9 Å². The lowest BCUT2D eigenvalue weighted by Crippen LogP contribution is -2.46. The topological polar surface area (TPSA) is 80.1 Å². The van der Waals surface area contributed by atoms with Gasteiger partial charge in [-0.1, -0.05) is 48.8 Å². The van der Waals surface area contributed by atoms with E-state index in [1.807, 2.05) is 6.26 Å². The smallest absolute Gasteiger partial charge is 0.254 e. The van der Waals surface area contributed by atoms with E-state index in [0.717, 1.165) is 36.8 Å². The number of thioether (sulfide) groups is 1. The lowest BCUT2D eigenvalue weighted by atomic mass is 10.1. The Balaban J connectivity index is 1.55. The van der Waals surface area contributed by atoms with Crippen LogP contribution in [0.3, 0.4) is 0 Å². The summed E-state index contributed by atoms with van der Waals surface area (Å²) in [5, 5.41) is 13.3. The summed E-state index contributed by atoms with van der Waals surface area (Å²) < 4.78 is 2.16. The Kier molecular flexibility index (Phi) is 8.85. The van der Waals surface area contributed by atoms with Gasteiger partial charge in [0.2, 0.25) is 5.91 Å². The second kappa shape index (κ2) is 11.4. The molecule has 0 aliphatic carbocycles. The lowest BCUT2D eigenvalue weighted by molar-refractivity contribution is -0.124. The monoisotopic (exact) mass is 497 g/mol. The first-order valence-corrected chi connectivity index (χ1v) is 12.8. The third-order valence-electron chi connectivity index (χ3n) is 5.33. The summed E-state index contributed by atoms with van der Waals surface area (Å²) in [5.74, 6) is 1.08. The second-order valence-electron chi connectivity index (χ2n) is 8.32. The van der Waals surface area contributed by atoms with Crippen LogP contribution in [0.4, 0.5) is 0 Å². The number of rotatable bonds is 9. The van der Waals surface area contributed by atoms with E-state index in [0.29, 0.717) is 41.0 Å². The molecule has 0 saturated carbocycles. The summed E-state index contributed by atoms with van der Waals surface area (Å²) in [4.78, 5) is 27.4. The number of benzene rings is 1. The van der Waals surface area contributed by atoms with Crippen molar-refractivity contribution in [1.82, 2.24) is 25.0 Å². The number of nitrogens with one attached hydrogen (secondary N) is 1. The second-order valence-corrected chi connectivity index (χ2v) is 9.96. The molecule has 1 aromatic heterocycles. The Hall–Kier alpha value is -1.77. The van der Waals surface area contributed by atoms with Crippen molar-refractivity contribution in [3.05, 3.63) is 39.6 Å². The number of hydrogen-bond acceptors (Lipinski definition) is 5. The number of amides is 2. The average molecular weight is 498 g/mol. The van der Waals surface area contributed by atoms with Crippen molar-refractivity contribution in [2.45, 2.75) is 57.3 Å². The summed E-state index contributed by atoms with van der Waals surface area (Å²) in [6.07, 6.45) is 4.91. The fraction of sp³-hybridized carbons (Fsp3) is 0.545. The highest BCUT2D eigenvalue weighted by Gasteiger charge is 2.34. The van der Waals surface area contributed by atoms with Crippen molar-refractivity contribution in [1.29, 1.82) is 0 Å². The maximum absolute atomic E-state index is 12.9. The predicted octanol–water partition coefficient (Wildman–Crippen LogP) is 4.32. The van der Waals surface area contributed by atoms with E-state index in [2.05, 4.69) is 33.9 Å². The van der Waals surface area contributed by atoms with E-state index in [1.165, 1.54) is 0 Å². The minimum atomic E-state index is -0.479. The number of carbonyl (C=O) groups is 2. The number of nitrogens with zero attached hydrogens (tertiary/aromatic N) is 4. The third kappa shape index (κ3) is 6.17. The first-order valence-electron chi connectivity index (χ1n) is 10.8. The molecule has 3 rings (SSSR count). The van der Waals surface area contributed by atoms with Crippen LogP contribution in [-0.2, 0) is 17.8 Å². The molecule has 32 heavy (non-hydrogen) atoms. The molecule has 1 saturated heterocycles. The van der Waals surface area contributed by atoms with Crippen LogP contribution in [0, 0.1) is 5.92 Å². The van der Waals surface area contributed by atoms with Gasteiger partial charge in [-0.05, 0) is 49.6 Å². The van der Waals surface area contributed by atoms with Crippen LogP contribution < -0.4 is 5.32 Å². The molecule has 0 radical (unpaired) electrons. The van der Waals surface area contributed by atoms with E-state index < -0.39 is 6.04 Å². The average Bonchev–Trinajstić information content (AvgIpc) is 3.36. The fourth-order valence-corrected chi connectivity index (χ4v) is 4.95. The lowest BCUT2D eigenvalue weighted by Gasteiger charge is -2.24. The minimum Gasteiger partial charge on any atom is -0.354 e. The van der Waals surface area contributed by atoms with Crippen molar-refractivity contribution in [2.75, 3.05) is 19.3 Å². The van der Waals surface area contributed by atoms with Crippen molar-refractivity contribution < 1.29 is 9.59 Å². The molecule has 10 heteroatoms. The van der Waals surface area contributed by atoms with Crippen LogP contribution in [0.2, 0.25) is 10.0 Å². The van der Waals surface area contributed by atoms with E-state index in [9.17, 15) is 9.59 Å². The molecule has 1 atom stereocenters. The highest BCUT2D eigenvalue weighted by atomic mass is 35.5. The minimum absolute atomic E-state index is 0.127. The van der Waals surface area contributed by atoms with Crippen LogP contribution in [0.15, 0.2) is 23.4 Å². The SMILES string of the molecule is CSc1nnc(CCCNC(=O)C2CCCN2C(=O)c2cc(Cl)cc(Cl)c2)n1CC(C)C. The molecule has 0 spiro atoms. The molecule has 174 valence electrons. The maximum Gasteiger partial charge on any atom is 0.254 e. The number of hydrogen-bond donors (Lipinski definition) is 1. The van der Waals surface area contributed by atoms with Gasteiger partial charge in [0, 0.05) is 41.7 Å². The number of aryl methyl sites for hydroxylation is 1. The molecule has 7 nitrogen and oxygen atoms in total. The van der Waals surface area contributed by atoms with E-state index in [-0.39, 0.29) is 11.8 Å². The molecule has 1 N–H and O–H groups in total. The van der Waals surface area contributed by atoms with Gasteiger partial charge in [-0.25, -0.2) is 0 Å². The normalized spacial score (nSPS) is 16.1. The molecular weight excluding hydrogens is 469 g/mol. The van der Waals surface area contributed by atoms with Gasteiger partial charge in [0.15, 0.2) is 5.16 Å². The molecule has 1 fully saturated rings. The standard InChI is InChI=1S/C22H29Cl2N5O2S/c1-14(2)13-29-19(26-27-22(29)32-3)7-4-8-25-20(30)18-6-5-9-28(18)21(31)15-10-16(23)12-17(24)11-15/h10-12,14,18H,4-9,13H2,1-3H3,(H,25,30). The Morgan fingerprint density at radius 1 is 1.22 bits per heavy atom. The number of carbonyl (C=O) groups excluding carboxylic acids is 2. The van der Waals surface area contributed by atoms with Gasteiger partial charge < -0.3 is 14.8 Å². The zero-order chi connectivity index (χ0) is 23.3. The molecular formula is C22H29Cl2N5O2S. The summed E-state index contributed by atoms with van der Waals surface area (Å²) in [5.41, 5.74) is 0.399. The van der Waals surface area contributed by atoms with Gasteiger partial charge in [-0.15, -0.1) is 10.2 Å². The van der Waals surface area contributed by atoms with Crippen molar-refractivity contribution in [3.63, 3.8) is 0 Å². The van der Waals surface area contributed by atoms with Crippen molar-refractivity contribution >= 4 is 46.8 Å². The van der Waals surface area contributed by atoms with Crippen molar-refractivity contribution in [3.8, 4) is 0 Å². The van der Waals surface area contributed by atoms with Crippen LogP contribution in [0.5, 0.6) is 0 Å². The van der Waals surface area contributed by atoms with Crippen LogP contribution in [0.25, 0.3) is 0 Å². The molecule has 1 unspecified atom stereocenters. The quantitative estimate of drug-likeness (QED) is 0.412. The van der Waals surface area contributed by atoms with E-state index in [4.69, 9.17) is 23.2 Å². The molecule has 1 aliphatic rings. The van der Waals surface area contributed by atoms with E-state index in [1.54, 1.807) is 34.9 Å². The van der Waals surface area contributed by atoms with Crippen LogP contribution in [0.1, 0.15) is 49.3 Å². The molecule has 1 aliphatic heterocycles. The Morgan fingerprint density at radius 3 is 2.59 bits per heavy atom. The molecule has 2 aromatic rings. The van der Waals surface area contributed by atoms with Gasteiger partial charge >= 0.3 is 0 Å². The number of likely N-dealkylation sites (tertiary alicyclic amines) is 1. The highest BCUT2D eigenvalue weighted by molar-refractivity contribution is 7.98. The Bertz CT molecular complexity index is 946. The van der Waals surface area contributed by atoms with E-state index >= 15 is 0 Å². The molecule has 2 heterocycles. The highest BCUT2D eigenvalue weighted by Crippen LogP contribution is 2.24. The van der Waals surface area contributed by atoms with Crippen molar-refractivity contribution in [2.24, 2.45) is 5.92 Å². The third-order valence-corrected chi connectivity index (χ3v) is 6.43. The summed E-state index contributed by atoms with van der Waals surface area (Å²) in [6.45, 7) is 6.26. The van der Waals surface area contributed by atoms with Gasteiger partial charge in [-0.2, -0.15) is 0 Å². The summed E-state index contributed by atoms with van der Waals surface area (Å²) in [7, 11) is 0. The molecule has 2 amide bonds. The molecule has 0 bridgehead atoms. The largest absolute Gasteiger partial charge is 0.354 e. The Morgan fingerprint density at radius 2 is 1.94 bits per heavy atom. The van der Waals surface area contributed by atoms with Gasteiger partial charge in [-0.3, -0.25) is 9.59 Å². The summed E-state index contributed by atoms with van der Waals surface area (Å²) >= 11 is 13.7. The number of aromatic nitrogens is 3. The zero-order valence-corrected chi connectivity index (χ0v) is 20.9.